The van der Waals surface area contributed by atoms with Gasteiger partial charge in [0, 0.05) is 22.2 Å². The molecular weight excluding hydrogens is 414 g/mol. The van der Waals surface area contributed by atoms with Gasteiger partial charge in [0.2, 0.25) is 5.78 Å². The standard InChI is InChI=1S/C23H15ClF2O4/c24-18-7-3-1-6-15(18)13-28-16-9-10-17-20(12-16)29-21(22(17)27)11-14-5-2-4-8-19(14)30-23(25)26/h1-12,23H,13H2/b21-11-. The van der Waals surface area contributed by atoms with Gasteiger partial charge in [-0.25, -0.2) is 0 Å². The minimum atomic E-state index is -2.97. The van der Waals surface area contributed by atoms with Crippen LogP contribution in [0.25, 0.3) is 6.08 Å². The van der Waals surface area contributed by atoms with Crippen molar-refractivity contribution in [3.05, 3.63) is 94.2 Å². The molecular formula is C23H15ClF2O4. The summed E-state index contributed by atoms with van der Waals surface area (Å²) in [5.74, 6) is 0.448. The van der Waals surface area contributed by atoms with E-state index in [9.17, 15) is 13.6 Å². The Morgan fingerprint density at radius 2 is 1.80 bits per heavy atom. The first kappa shape index (κ1) is 19.9. The molecule has 1 aliphatic rings. The Kier molecular flexibility index (Phi) is 5.68. The van der Waals surface area contributed by atoms with Gasteiger partial charge in [0.25, 0.3) is 0 Å². The lowest BCUT2D eigenvalue weighted by Crippen LogP contribution is -2.04. The number of allylic oxidation sites excluding steroid dienone is 1. The molecule has 30 heavy (non-hydrogen) atoms. The summed E-state index contributed by atoms with van der Waals surface area (Å²) >= 11 is 6.13. The Morgan fingerprint density at radius 3 is 2.60 bits per heavy atom. The number of Topliss-reactive ketones (excluding diaryl/α,β-unsaturated/α-hetero) is 1. The average molecular weight is 429 g/mol. The topological polar surface area (TPSA) is 44.8 Å². The molecule has 0 amide bonds. The molecule has 152 valence electrons. The monoisotopic (exact) mass is 428 g/mol. The van der Waals surface area contributed by atoms with Crippen LogP contribution >= 0.6 is 11.6 Å². The minimum Gasteiger partial charge on any atom is -0.489 e. The van der Waals surface area contributed by atoms with E-state index in [1.165, 1.54) is 12.1 Å². The molecule has 0 aliphatic carbocycles. The number of hydrogen-bond donors (Lipinski definition) is 0. The largest absolute Gasteiger partial charge is 0.489 e. The number of carbonyl (C=O) groups is 1. The SMILES string of the molecule is O=C1/C(=C/c2ccccc2OC(F)F)Oc2cc(OCc3ccccc3Cl)ccc21. The fraction of sp³-hybridized carbons (Fsp3) is 0.0870. The van der Waals surface area contributed by atoms with Gasteiger partial charge in [0.05, 0.1) is 5.56 Å². The number of fused-ring (bicyclic) bond motifs is 1. The van der Waals surface area contributed by atoms with Gasteiger partial charge in [-0.3, -0.25) is 4.79 Å². The van der Waals surface area contributed by atoms with Gasteiger partial charge in [0.15, 0.2) is 5.76 Å². The van der Waals surface area contributed by atoms with Crippen molar-refractivity contribution < 1.29 is 27.8 Å². The van der Waals surface area contributed by atoms with E-state index in [1.807, 2.05) is 18.2 Å². The Balaban J connectivity index is 1.54. The zero-order valence-electron chi connectivity index (χ0n) is 15.5. The number of rotatable bonds is 6. The van der Waals surface area contributed by atoms with Crippen LogP contribution in [-0.2, 0) is 6.61 Å². The molecule has 0 fully saturated rings. The van der Waals surface area contributed by atoms with Crippen LogP contribution in [0, 0.1) is 0 Å². The van der Waals surface area contributed by atoms with Crippen molar-refractivity contribution in [1.29, 1.82) is 0 Å². The fourth-order valence-electron chi connectivity index (χ4n) is 2.98. The van der Waals surface area contributed by atoms with Crippen molar-refractivity contribution in [2.24, 2.45) is 0 Å². The lowest BCUT2D eigenvalue weighted by Gasteiger charge is -2.09. The number of hydrogen-bond acceptors (Lipinski definition) is 4. The van der Waals surface area contributed by atoms with E-state index in [1.54, 1.807) is 42.5 Å². The molecule has 1 heterocycles. The second-order valence-corrected chi connectivity index (χ2v) is 6.80. The van der Waals surface area contributed by atoms with Crippen molar-refractivity contribution in [2.45, 2.75) is 13.2 Å². The fourth-order valence-corrected chi connectivity index (χ4v) is 3.17. The third-order valence-electron chi connectivity index (χ3n) is 4.42. The summed E-state index contributed by atoms with van der Waals surface area (Å²) < 4.78 is 41.1. The van der Waals surface area contributed by atoms with Crippen molar-refractivity contribution in [1.82, 2.24) is 0 Å². The highest BCUT2D eigenvalue weighted by atomic mass is 35.5. The summed E-state index contributed by atoms with van der Waals surface area (Å²) in [6.07, 6.45) is 1.38. The molecule has 0 saturated heterocycles. The number of ketones is 1. The van der Waals surface area contributed by atoms with Crippen LogP contribution in [0.2, 0.25) is 5.02 Å². The second kappa shape index (κ2) is 8.55. The van der Waals surface area contributed by atoms with Gasteiger partial charge in [0.1, 0.15) is 23.9 Å². The van der Waals surface area contributed by atoms with Crippen LogP contribution in [0.1, 0.15) is 21.5 Å². The van der Waals surface area contributed by atoms with Gasteiger partial charge in [-0.1, -0.05) is 48.0 Å². The van der Waals surface area contributed by atoms with E-state index < -0.39 is 6.61 Å². The van der Waals surface area contributed by atoms with E-state index in [0.29, 0.717) is 27.6 Å². The normalized spacial score (nSPS) is 14.0. The lowest BCUT2D eigenvalue weighted by molar-refractivity contribution is -0.0499. The minimum absolute atomic E-state index is 0.0126. The molecule has 7 heteroatoms. The van der Waals surface area contributed by atoms with Crippen LogP contribution in [0.5, 0.6) is 17.2 Å². The summed E-state index contributed by atoms with van der Waals surface area (Å²) in [6, 6.07) is 18.4. The molecule has 0 saturated carbocycles. The third kappa shape index (κ3) is 4.28. The van der Waals surface area contributed by atoms with Gasteiger partial charge in [-0.05, 0) is 30.3 Å². The highest BCUT2D eigenvalue weighted by Gasteiger charge is 2.28. The van der Waals surface area contributed by atoms with Crippen LogP contribution < -0.4 is 14.2 Å². The van der Waals surface area contributed by atoms with Crippen molar-refractivity contribution in [3.63, 3.8) is 0 Å². The molecule has 3 aromatic rings. The first-order valence-corrected chi connectivity index (χ1v) is 9.37. The Hall–Kier alpha value is -3.38. The predicted octanol–water partition coefficient (Wildman–Crippen LogP) is 6.14. The van der Waals surface area contributed by atoms with Gasteiger partial charge >= 0.3 is 6.61 Å². The number of para-hydroxylation sites is 1. The Bertz CT molecular complexity index is 1130. The maximum atomic E-state index is 12.6. The van der Waals surface area contributed by atoms with E-state index in [4.69, 9.17) is 21.1 Å². The zero-order chi connectivity index (χ0) is 21.1. The van der Waals surface area contributed by atoms with Crippen molar-refractivity contribution >= 4 is 23.5 Å². The summed E-state index contributed by atoms with van der Waals surface area (Å²) in [5, 5.41) is 0.597. The van der Waals surface area contributed by atoms with Crippen LogP contribution in [-0.4, -0.2) is 12.4 Å². The van der Waals surface area contributed by atoms with Gasteiger partial charge < -0.3 is 14.2 Å². The summed E-state index contributed by atoms with van der Waals surface area (Å²) in [7, 11) is 0. The third-order valence-corrected chi connectivity index (χ3v) is 4.78. The van der Waals surface area contributed by atoms with Crippen LogP contribution in [0.4, 0.5) is 8.78 Å². The molecule has 0 aromatic heterocycles. The van der Waals surface area contributed by atoms with Gasteiger partial charge in [-0.2, -0.15) is 8.78 Å². The number of benzene rings is 3. The van der Waals surface area contributed by atoms with Crippen molar-refractivity contribution in [3.8, 4) is 17.2 Å². The molecule has 0 unspecified atom stereocenters. The van der Waals surface area contributed by atoms with Crippen LogP contribution in [0.15, 0.2) is 72.5 Å². The molecule has 0 bridgehead atoms. The molecule has 3 aromatic carbocycles. The lowest BCUT2D eigenvalue weighted by atomic mass is 10.1. The molecule has 0 N–H and O–H groups in total. The molecule has 0 radical (unpaired) electrons. The zero-order valence-corrected chi connectivity index (χ0v) is 16.2. The van der Waals surface area contributed by atoms with E-state index in [2.05, 4.69) is 4.74 Å². The first-order chi connectivity index (χ1) is 14.5. The molecule has 1 aliphatic heterocycles. The van der Waals surface area contributed by atoms with E-state index in [0.717, 1.165) is 5.56 Å². The quantitative estimate of drug-likeness (QED) is 0.442. The maximum Gasteiger partial charge on any atom is 0.387 e. The van der Waals surface area contributed by atoms with Crippen molar-refractivity contribution in [2.75, 3.05) is 0 Å². The summed E-state index contributed by atoms with van der Waals surface area (Å²) in [4.78, 5) is 12.6. The Labute approximate surface area is 176 Å². The molecule has 4 rings (SSSR count). The highest BCUT2D eigenvalue weighted by molar-refractivity contribution is 6.31. The van der Waals surface area contributed by atoms with E-state index in [-0.39, 0.29) is 23.9 Å². The smallest absolute Gasteiger partial charge is 0.387 e. The molecule has 0 spiro atoms. The van der Waals surface area contributed by atoms with Crippen LogP contribution in [0.3, 0.4) is 0 Å². The highest BCUT2D eigenvalue weighted by Crippen LogP contribution is 2.36. The van der Waals surface area contributed by atoms with Gasteiger partial charge in [-0.15, -0.1) is 0 Å². The Morgan fingerprint density at radius 1 is 1.03 bits per heavy atom. The first-order valence-electron chi connectivity index (χ1n) is 8.99. The molecule has 0 atom stereocenters. The average Bonchev–Trinajstić information content (AvgIpc) is 3.03. The number of halogens is 3. The number of ether oxygens (including phenoxy) is 3. The number of alkyl halides is 2. The van der Waals surface area contributed by atoms with E-state index >= 15 is 0 Å². The predicted molar refractivity (Wildman–Crippen MR) is 108 cm³/mol. The summed E-state index contributed by atoms with van der Waals surface area (Å²) in [5.41, 5.74) is 1.50. The molecule has 4 nitrogen and oxygen atoms in total. The number of carbonyl (C=O) groups excluding carboxylic acids is 1. The summed E-state index contributed by atoms with van der Waals surface area (Å²) in [6.45, 7) is -2.72. The maximum absolute atomic E-state index is 12.6. The second-order valence-electron chi connectivity index (χ2n) is 6.39.